The summed E-state index contributed by atoms with van der Waals surface area (Å²) in [6.45, 7) is 0. The molecule has 1 N–H and O–H groups in total. The van der Waals surface area contributed by atoms with E-state index in [1.807, 2.05) is 0 Å². The van der Waals surface area contributed by atoms with Crippen LogP contribution in [0, 0.1) is 5.82 Å². The molecule has 3 rings (SSSR count). The van der Waals surface area contributed by atoms with Gasteiger partial charge in [0.2, 0.25) is 10.0 Å². The SMILES string of the molecule is COC(=O)/C=C/c1cc(OC)c(OC)c(S(=O)(=O)NC2CCSc3ccc(F)cc32)c1. The topological polar surface area (TPSA) is 90.9 Å². The molecule has 0 saturated heterocycles. The van der Waals surface area contributed by atoms with Crippen molar-refractivity contribution in [3.63, 3.8) is 0 Å². The van der Waals surface area contributed by atoms with Crippen molar-refractivity contribution in [2.45, 2.75) is 22.3 Å². The molecule has 7 nitrogen and oxygen atoms in total. The second-order valence-electron chi connectivity index (χ2n) is 6.60. The number of carbonyl (C=O) groups excluding carboxylic acids is 1. The number of hydrogen-bond acceptors (Lipinski definition) is 7. The zero-order chi connectivity index (χ0) is 22.6. The first-order valence-electron chi connectivity index (χ1n) is 9.25. The number of methoxy groups -OCH3 is 3. The van der Waals surface area contributed by atoms with E-state index in [1.54, 1.807) is 23.9 Å². The van der Waals surface area contributed by atoms with E-state index < -0.39 is 27.9 Å². The zero-order valence-electron chi connectivity index (χ0n) is 17.2. The van der Waals surface area contributed by atoms with Gasteiger partial charge in [-0.1, -0.05) is 0 Å². The molecule has 2 aromatic rings. The number of carbonyl (C=O) groups is 1. The molecule has 1 heterocycles. The maximum absolute atomic E-state index is 13.8. The molecule has 0 saturated carbocycles. The number of nitrogens with one attached hydrogen (secondary N) is 1. The van der Waals surface area contributed by atoms with E-state index >= 15 is 0 Å². The van der Waals surface area contributed by atoms with Gasteiger partial charge in [-0.2, -0.15) is 0 Å². The highest BCUT2D eigenvalue weighted by Gasteiger charge is 2.30. The Morgan fingerprint density at radius 3 is 2.65 bits per heavy atom. The Morgan fingerprint density at radius 2 is 1.97 bits per heavy atom. The largest absolute Gasteiger partial charge is 0.493 e. The fourth-order valence-electron chi connectivity index (χ4n) is 3.22. The summed E-state index contributed by atoms with van der Waals surface area (Å²) in [5.74, 6) is -0.125. The van der Waals surface area contributed by atoms with Crippen LogP contribution in [0.25, 0.3) is 6.08 Å². The number of sulfonamides is 1. The van der Waals surface area contributed by atoms with Crippen molar-refractivity contribution in [2.24, 2.45) is 0 Å². The first-order valence-corrected chi connectivity index (χ1v) is 11.7. The number of benzene rings is 2. The summed E-state index contributed by atoms with van der Waals surface area (Å²) in [5, 5.41) is 0. The molecule has 1 atom stereocenters. The lowest BCUT2D eigenvalue weighted by molar-refractivity contribution is -0.134. The van der Waals surface area contributed by atoms with Crippen molar-refractivity contribution in [1.82, 2.24) is 4.72 Å². The fourth-order valence-corrected chi connectivity index (χ4v) is 5.79. The molecule has 1 unspecified atom stereocenters. The molecule has 0 fully saturated rings. The lowest BCUT2D eigenvalue weighted by Crippen LogP contribution is -2.31. The van der Waals surface area contributed by atoms with Crippen molar-refractivity contribution in [1.29, 1.82) is 0 Å². The minimum absolute atomic E-state index is 0.0230. The molecule has 0 aromatic heterocycles. The summed E-state index contributed by atoms with van der Waals surface area (Å²) in [6.07, 6.45) is 3.08. The molecule has 10 heteroatoms. The molecule has 0 amide bonds. The average Bonchev–Trinajstić information content (AvgIpc) is 2.76. The molecule has 1 aliphatic rings. The fraction of sp³-hybridized carbons (Fsp3) is 0.286. The van der Waals surface area contributed by atoms with Crippen LogP contribution >= 0.6 is 11.8 Å². The number of esters is 1. The van der Waals surface area contributed by atoms with Crippen LogP contribution in [0.5, 0.6) is 11.5 Å². The summed E-state index contributed by atoms with van der Waals surface area (Å²) < 4.78 is 58.3. The van der Waals surface area contributed by atoms with Gasteiger partial charge in [0.25, 0.3) is 0 Å². The average molecular weight is 468 g/mol. The predicted octanol–water partition coefficient (Wildman–Crippen LogP) is 3.54. The highest BCUT2D eigenvalue weighted by atomic mass is 32.2. The van der Waals surface area contributed by atoms with Gasteiger partial charge in [-0.25, -0.2) is 22.3 Å². The van der Waals surface area contributed by atoms with Gasteiger partial charge in [0.05, 0.1) is 21.3 Å². The third-order valence-electron chi connectivity index (χ3n) is 4.68. The third kappa shape index (κ3) is 5.20. The number of fused-ring (bicyclic) bond motifs is 1. The Balaban J connectivity index is 2.03. The Hall–Kier alpha value is -2.56. The lowest BCUT2D eigenvalue weighted by atomic mass is 10.0. The van der Waals surface area contributed by atoms with Gasteiger partial charge in [0, 0.05) is 17.0 Å². The number of thioether (sulfide) groups is 1. The second kappa shape index (κ2) is 9.71. The lowest BCUT2D eigenvalue weighted by Gasteiger charge is -2.26. The number of rotatable bonds is 7. The molecule has 2 aromatic carbocycles. The van der Waals surface area contributed by atoms with E-state index in [9.17, 15) is 17.6 Å². The van der Waals surface area contributed by atoms with Crippen molar-refractivity contribution in [2.75, 3.05) is 27.1 Å². The molecule has 166 valence electrons. The summed E-state index contributed by atoms with van der Waals surface area (Å²) in [7, 11) is -0.136. The number of halogens is 1. The van der Waals surface area contributed by atoms with Gasteiger partial charge >= 0.3 is 5.97 Å². The van der Waals surface area contributed by atoms with Crippen LogP contribution in [0.15, 0.2) is 46.2 Å². The minimum Gasteiger partial charge on any atom is -0.493 e. The Morgan fingerprint density at radius 1 is 1.19 bits per heavy atom. The van der Waals surface area contributed by atoms with Gasteiger partial charge in [0.1, 0.15) is 10.7 Å². The summed E-state index contributed by atoms with van der Waals surface area (Å²) in [5.41, 5.74) is 0.988. The molecule has 31 heavy (non-hydrogen) atoms. The number of ether oxygens (including phenoxy) is 3. The smallest absolute Gasteiger partial charge is 0.330 e. The second-order valence-corrected chi connectivity index (χ2v) is 9.42. The minimum atomic E-state index is -4.09. The van der Waals surface area contributed by atoms with E-state index in [0.717, 1.165) is 4.90 Å². The van der Waals surface area contributed by atoms with Crippen LogP contribution in [0.4, 0.5) is 4.39 Å². The van der Waals surface area contributed by atoms with Crippen LogP contribution in [-0.2, 0) is 19.6 Å². The van der Waals surface area contributed by atoms with Crippen molar-refractivity contribution >= 4 is 33.8 Å². The van der Waals surface area contributed by atoms with E-state index in [2.05, 4.69) is 9.46 Å². The summed E-state index contributed by atoms with van der Waals surface area (Å²) >= 11 is 1.55. The maximum atomic E-state index is 13.8. The van der Waals surface area contributed by atoms with Gasteiger partial charge in [0.15, 0.2) is 11.5 Å². The standard InChI is InChI=1S/C21H22FNO6S2/c1-27-17-10-13(4-7-20(24)28-2)11-19(21(17)29-3)31(25,26)23-16-8-9-30-18-6-5-14(22)12-15(16)18/h4-7,10-12,16,23H,8-9H2,1-3H3/b7-4+. The quantitative estimate of drug-likeness (QED) is 0.492. The summed E-state index contributed by atoms with van der Waals surface area (Å²) in [4.78, 5) is 12.1. The van der Waals surface area contributed by atoms with E-state index in [-0.39, 0.29) is 16.4 Å². The maximum Gasteiger partial charge on any atom is 0.330 e. The Kier molecular flexibility index (Phi) is 7.24. The third-order valence-corrected chi connectivity index (χ3v) is 7.28. The van der Waals surface area contributed by atoms with Crippen LogP contribution in [0.3, 0.4) is 0 Å². The van der Waals surface area contributed by atoms with Gasteiger partial charge in [-0.05, 0) is 59.7 Å². The highest BCUT2D eigenvalue weighted by molar-refractivity contribution is 7.99. The van der Waals surface area contributed by atoms with Crippen LogP contribution < -0.4 is 14.2 Å². The van der Waals surface area contributed by atoms with Gasteiger partial charge < -0.3 is 14.2 Å². The molecule has 1 aliphatic heterocycles. The van der Waals surface area contributed by atoms with Gasteiger partial charge in [-0.3, -0.25) is 0 Å². The van der Waals surface area contributed by atoms with Crippen molar-refractivity contribution < 1.29 is 31.8 Å². The van der Waals surface area contributed by atoms with E-state index in [4.69, 9.17) is 9.47 Å². The van der Waals surface area contributed by atoms with E-state index in [1.165, 1.54) is 51.7 Å². The molecule has 0 radical (unpaired) electrons. The molecular weight excluding hydrogens is 445 g/mol. The highest BCUT2D eigenvalue weighted by Crippen LogP contribution is 2.40. The van der Waals surface area contributed by atoms with E-state index in [0.29, 0.717) is 23.3 Å². The Labute approximate surface area is 184 Å². The zero-order valence-corrected chi connectivity index (χ0v) is 18.8. The van der Waals surface area contributed by atoms with Gasteiger partial charge in [-0.15, -0.1) is 11.8 Å². The van der Waals surface area contributed by atoms with Crippen LogP contribution in [0.1, 0.15) is 23.6 Å². The Bertz CT molecular complexity index is 1120. The number of hydrogen-bond donors (Lipinski definition) is 1. The normalized spacial score (nSPS) is 16.1. The molecule has 0 aliphatic carbocycles. The van der Waals surface area contributed by atoms with Crippen molar-refractivity contribution in [3.8, 4) is 11.5 Å². The molecular formula is C21H22FNO6S2. The first kappa shape index (κ1) is 23.1. The first-order chi connectivity index (χ1) is 14.8. The summed E-state index contributed by atoms with van der Waals surface area (Å²) in [6, 6.07) is 6.67. The molecule has 0 spiro atoms. The predicted molar refractivity (Wildman–Crippen MR) is 115 cm³/mol. The van der Waals surface area contributed by atoms with Crippen LogP contribution in [0.2, 0.25) is 0 Å². The van der Waals surface area contributed by atoms with Crippen LogP contribution in [-0.4, -0.2) is 41.5 Å². The molecule has 0 bridgehead atoms. The van der Waals surface area contributed by atoms with Crippen molar-refractivity contribution in [3.05, 3.63) is 53.4 Å². The monoisotopic (exact) mass is 467 g/mol.